The molecular formula is C7H12N4S. The topological polar surface area (TPSA) is 55.0 Å². The summed E-state index contributed by atoms with van der Waals surface area (Å²) >= 11 is 1.41. The van der Waals surface area contributed by atoms with Crippen LogP contribution in [0.5, 0.6) is 0 Å². The molecule has 0 spiro atoms. The first kappa shape index (κ1) is 7.94. The molecule has 1 aliphatic heterocycles. The lowest BCUT2D eigenvalue weighted by molar-refractivity contribution is 0.335. The van der Waals surface area contributed by atoms with Crippen molar-refractivity contribution in [1.82, 2.24) is 14.5 Å². The van der Waals surface area contributed by atoms with Gasteiger partial charge in [-0.15, -0.1) is 5.10 Å². The van der Waals surface area contributed by atoms with Crippen LogP contribution in [0.15, 0.2) is 0 Å². The molecule has 1 saturated heterocycles. The normalized spacial score (nSPS) is 18.7. The largest absolute Gasteiger partial charge is 0.381 e. The van der Waals surface area contributed by atoms with Gasteiger partial charge in [-0.1, -0.05) is 4.49 Å². The molecule has 0 unspecified atom stereocenters. The highest BCUT2D eigenvalue weighted by Gasteiger charge is 2.14. The van der Waals surface area contributed by atoms with Crippen molar-refractivity contribution in [3.05, 3.63) is 4.88 Å². The SMILES string of the molecule is Nc1nnsc1CN1CCCC1. The zero-order valence-electron chi connectivity index (χ0n) is 6.86. The van der Waals surface area contributed by atoms with Crippen LogP contribution in [0.25, 0.3) is 0 Å². The fraction of sp³-hybridized carbons (Fsp3) is 0.714. The Bertz CT molecular complexity index is 254. The first-order chi connectivity index (χ1) is 5.86. The third-order valence-electron chi connectivity index (χ3n) is 2.15. The van der Waals surface area contributed by atoms with Crippen molar-refractivity contribution < 1.29 is 0 Å². The average molecular weight is 184 g/mol. The third-order valence-corrected chi connectivity index (χ3v) is 2.87. The van der Waals surface area contributed by atoms with E-state index >= 15 is 0 Å². The summed E-state index contributed by atoms with van der Waals surface area (Å²) in [6.07, 6.45) is 2.62. The lowest BCUT2D eigenvalue weighted by atomic mass is 10.4. The second-order valence-electron chi connectivity index (χ2n) is 3.06. The zero-order valence-corrected chi connectivity index (χ0v) is 7.68. The Morgan fingerprint density at radius 1 is 1.42 bits per heavy atom. The van der Waals surface area contributed by atoms with Crippen LogP contribution >= 0.6 is 11.5 Å². The van der Waals surface area contributed by atoms with Gasteiger partial charge in [0, 0.05) is 6.54 Å². The van der Waals surface area contributed by atoms with Crippen molar-refractivity contribution in [2.24, 2.45) is 0 Å². The van der Waals surface area contributed by atoms with Crippen molar-refractivity contribution in [3.63, 3.8) is 0 Å². The molecule has 1 fully saturated rings. The maximum absolute atomic E-state index is 5.63. The molecule has 2 heterocycles. The van der Waals surface area contributed by atoms with E-state index in [1.54, 1.807) is 0 Å². The quantitative estimate of drug-likeness (QED) is 0.735. The Hall–Kier alpha value is -0.680. The lowest BCUT2D eigenvalue weighted by Crippen LogP contribution is -2.18. The van der Waals surface area contributed by atoms with E-state index in [2.05, 4.69) is 14.5 Å². The first-order valence-corrected chi connectivity index (χ1v) is 4.92. The van der Waals surface area contributed by atoms with Crippen molar-refractivity contribution >= 4 is 17.4 Å². The molecule has 1 aromatic heterocycles. The summed E-state index contributed by atoms with van der Waals surface area (Å²) in [6.45, 7) is 3.32. The average Bonchev–Trinajstić information content (AvgIpc) is 2.65. The summed E-state index contributed by atoms with van der Waals surface area (Å²) in [4.78, 5) is 3.50. The first-order valence-electron chi connectivity index (χ1n) is 4.15. The van der Waals surface area contributed by atoms with Crippen LogP contribution in [0.1, 0.15) is 17.7 Å². The summed E-state index contributed by atoms with van der Waals surface area (Å²) in [5.74, 6) is 0.604. The van der Waals surface area contributed by atoms with Crippen LogP contribution in [0.2, 0.25) is 0 Å². The summed E-state index contributed by atoms with van der Waals surface area (Å²) < 4.78 is 3.80. The molecule has 0 bridgehead atoms. The van der Waals surface area contributed by atoms with Crippen molar-refractivity contribution in [1.29, 1.82) is 0 Å². The standard InChI is InChI=1S/C7H12N4S/c8-7-6(12-10-9-7)5-11-3-1-2-4-11/h1-5,8H2. The molecule has 5 heteroatoms. The molecule has 0 aromatic carbocycles. The minimum atomic E-state index is 0.604. The molecule has 66 valence electrons. The van der Waals surface area contributed by atoms with Gasteiger partial charge in [-0.25, -0.2) is 0 Å². The Balaban J connectivity index is 1.98. The van der Waals surface area contributed by atoms with Gasteiger partial charge in [0.25, 0.3) is 0 Å². The molecule has 12 heavy (non-hydrogen) atoms. The van der Waals surface area contributed by atoms with Crippen LogP contribution < -0.4 is 5.73 Å². The second-order valence-corrected chi connectivity index (χ2v) is 3.90. The van der Waals surface area contributed by atoms with Crippen LogP contribution in [0.3, 0.4) is 0 Å². The highest BCUT2D eigenvalue weighted by molar-refractivity contribution is 7.06. The maximum atomic E-state index is 5.63. The summed E-state index contributed by atoms with van der Waals surface area (Å²) in [5, 5.41) is 3.78. The minimum Gasteiger partial charge on any atom is -0.381 e. The number of hydrogen-bond acceptors (Lipinski definition) is 5. The number of aromatic nitrogens is 2. The van der Waals surface area contributed by atoms with Gasteiger partial charge in [0.05, 0.1) is 4.88 Å². The molecule has 0 amide bonds. The van der Waals surface area contributed by atoms with E-state index in [0.717, 1.165) is 11.4 Å². The Kier molecular flexibility index (Phi) is 2.23. The van der Waals surface area contributed by atoms with E-state index in [0.29, 0.717) is 5.82 Å². The number of rotatable bonds is 2. The number of nitrogens with two attached hydrogens (primary N) is 1. The Labute approximate surface area is 75.5 Å². The van der Waals surface area contributed by atoms with E-state index in [9.17, 15) is 0 Å². The van der Waals surface area contributed by atoms with Gasteiger partial charge in [0.2, 0.25) is 0 Å². The van der Waals surface area contributed by atoms with E-state index in [4.69, 9.17) is 5.73 Å². The predicted octanol–water partition coefficient (Wildman–Crippen LogP) is 0.716. The van der Waals surface area contributed by atoms with Gasteiger partial charge in [-0.3, -0.25) is 4.90 Å². The van der Waals surface area contributed by atoms with E-state index in [1.807, 2.05) is 0 Å². The fourth-order valence-corrected chi connectivity index (χ4v) is 2.07. The van der Waals surface area contributed by atoms with Crippen LogP contribution in [-0.4, -0.2) is 27.6 Å². The number of nitrogens with zero attached hydrogens (tertiary/aromatic N) is 3. The molecule has 0 saturated carbocycles. The number of anilines is 1. The molecule has 1 aromatic rings. The highest BCUT2D eigenvalue weighted by atomic mass is 32.1. The smallest absolute Gasteiger partial charge is 0.163 e. The van der Waals surface area contributed by atoms with Gasteiger partial charge in [0.1, 0.15) is 0 Å². The number of likely N-dealkylation sites (tertiary alicyclic amines) is 1. The Morgan fingerprint density at radius 2 is 2.17 bits per heavy atom. The summed E-state index contributed by atoms with van der Waals surface area (Å²) in [5.41, 5.74) is 5.63. The molecule has 0 aliphatic carbocycles. The second kappa shape index (κ2) is 3.37. The van der Waals surface area contributed by atoms with E-state index in [1.165, 1.54) is 37.5 Å². The molecule has 1 aliphatic rings. The van der Waals surface area contributed by atoms with Gasteiger partial charge < -0.3 is 5.73 Å². The van der Waals surface area contributed by atoms with Crippen molar-refractivity contribution in [3.8, 4) is 0 Å². The summed E-state index contributed by atoms with van der Waals surface area (Å²) in [6, 6.07) is 0. The lowest BCUT2D eigenvalue weighted by Gasteiger charge is -2.11. The Morgan fingerprint density at radius 3 is 2.75 bits per heavy atom. The van der Waals surface area contributed by atoms with E-state index in [-0.39, 0.29) is 0 Å². The van der Waals surface area contributed by atoms with Crippen molar-refractivity contribution in [2.75, 3.05) is 18.8 Å². The zero-order chi connectivity index (χ0) is 8.39. The highest BCUT2D eigenvalue weighted by Crippen LogP contribution is 2.18. The molecule has 4 nitrogen and oxygen atoms in total. The summed E-state index contributed by atoms with van der Waals surface area (Å²) in [7, 11) is 0. The van der Waals surface area contributed by atoms with Gasteiger partial charge >= 0.3 is 0 Å². The van der Waals surface area contributed by atoms with Gasteiger partial charge in [-0.2, -0.15) is 0 Å². The molecular weight excluding hydrogens is 172 g/mol. The van der Waals surface area contributed by atoms with Crippen LogP contribution in [0.4, 0.5) is 5.82 Å². The molecule has 0 radical (unpaired) electrons. The minimum absolute atomic E-state index is 0.604. The molecule has 2 rings (SSSR count). The van der Waals surface area contributed by atoms with Crippen molar-refractivity contribution in [2.45, 2.75) is 19.4 Å². The van der Waals surface area contributed by atoms with Crippen LogP contribution in [-0.2, 0) is 6.54 Å². The van der Waals surface area contributed by atoms with E-state index < -0.39 is 0 Å². The molecule has 0 atom stereocenters. The monoisotopic (exact) mass is 184 g/mol. The van der Waals surface area contributed by atoms with Crippen LogP contribution in [0, 0.1) is 0 Å². The predicted molar refractivity (Wildman–Crippen MR) is 48.8 cm³/mol. The number of nitrogen functional groups attached to an aromatic ring is 1. The fourth-order valence-electron chi connectivity index (χ4n) is 1.47. The molecule has 2 N–H and O–H groups in total. The third kappa shape index (κ3) is 1.56. The maximum Gasteiger partial charge on any atom is 0.163 e. The number of hydrogen-bond donors (Lipinski definition) is 1. The van der Waals surface area contributed by atoms with Gasteiger partial charge in [-0.05, 0) is 37.5 Å². The van der Waals surface area contributed by atoms with Gasteiger partial charge in [0.15, 0.2) is 5.82 Å².